The minimum Gasteiger partial charge on any atom is -0.395 e. The summed E-state index contributed by atoms with van der Waals surface area (Å²) in [4.78, 5) is 21.0. The summed E-state index contributed by atoms with van der Waals surface area (Å²) < 4.78 is 4.69. The summed E-state index contributed by atoms with van der Waals surface area (Å²) in [5, 5.41) is 14.1. The molecule has 0 saturated carbocycles. The molecule has 0 aliphatic carbocycles. The summed E-state index contributed by atoms with van der Waals surface area (Å²) in [6, 6.07) is 2.34. The van der Waals surface area contributed by atoms with Crippen LogP contribution in [-0.4, -0.2) is 16.5 Å². The molecule has 0 bridgehead atoms. The van der Waals surface area contributed by atoms with Crippen LogP contribution in [0.25, 0.3) is 0 Å². The van der Waals surface area contributed by atoms with Crippen LogP contribution < -0.4 is 5.43 Å². The molecule has 1 aromatic rings. The fourth-order valence-electron chi connectivity index (χ4n) is 0.828. The Labute approximate surface area is 91.3 Å². The summed E-state index contributed by atoms with van der Waals surface area (Å²) in [6.45, 7) is 3.65. The van der Waals surface area contributed by atoms with Gasteiger partial charge in [0, 0.05) is 5.71 Å². The Morgan fingerprint density at radius 1 is 1.62 bits per heavy atom. The number of hydrogen-bond donors (Lipinski definition) is 1. The SMILES string of the molecule is CC/C(C)=N/NC(=O)c1ccc([N+](=O)[O-])o1. The van der Waals surface area contributed by atoms with E-state index < -0.39 is 16.7 Å². The first-order valence-electron chi connectivity index (χ1n) is 4.62. The van der Waals surface area contributed by atoms with Gasteiger partial charge in [-0.2, -0.15) is 5.10 Å². The molecule has 0 aliphatic rings. The minimum absolute atomic E-state index is 0.139. The average molecular weight is 225 g/mol. The molecule has 0 saturated heterocycles. The van der Waals surface area contributed by atoms with Crippen molar-refractivity contribution in [2.75, 3.05) is 0 Å². The van der Waals surface area contributed by atoms with E-state index in [1.807, 2.05) is 6.92 Å². The normalized spacial score (nSPS) is 11.2. The predicted octanol–water partition coefficient (Wildman–Crippen LogP) is 1.70. The van der Waals surface area contributed by atoms with Gasteiger partial charge in [0.25, 0.3) is 0 Å². The van der Waals surface area contributed by atoms with Crippen LogP contribution in [0.15, 0.2) is 21.7 Å². The summed E-state index contributed by atoms with van der Waals surface area (Å²) in [7, 11) is 0. The Balaban J connectivity index is 2.70. The van der Waals surface area contributed by atoms with Crippen LogP contribution in [0.5, 0.6) is 0 Å². The maximum Gasteiger partial charge on any atom is 0.433 e. The van der Waals surface area contributed by atoms with Gasteiger partial charge in [0.2, 0.25) is 5.76 Å². The number of rotatable bonds is 4. The molecule has 86 valence electrons. The summed E-state index contributed by atoms with van der Waals surface area (Å²) in [5.74, 6) is -1.22. The lowest BCUT2D eigenvalue weighted by molar-refractivity contribution is -0.402. The highest BCUT2D eigenvalue weighted by molar-refractivity contribution is 5.93. The smallest absolute Gasteiger partial charge is 0.395 e. The second-order valence-electron chi connectivity index (χ2n) is 3.04. The Morgan fingerprint density at radius 3 is 2.81 bits per heavy atom. The second kappa shape index (κ2) is 5.06. The van der Waals surface area contributed by atoms with E-state index in [1.165, 1.54) is 6.07 Å². The van der Waals surface area contributed by atoms with Crippen molar-refractivity contribution >= 4 is 17.5 Å². The number of nitrogens with zero attached hydrogens (tertiary/aromatic N) is 2. The molecular formula is C9H11N3O4. The summed E-state index contributed by atoms with van der Waals surface area (Å²) in [5.41, 5.74) is 2.98. The van der Waals surface area contributed by atoms with E-state index in [2.05, 4.69) is 10.5 Å². The highest BCUT2D eigenvalue weighted by Gasteiger charge is 2.16. The molecule has 7 nitrogen and oxygen atoms in total. The average Bonchev–Trinajstić information content (AvgIpc) is 2.74. The number of hydrogen-bond acceptors (Lipinski definition) is 5. The third kappa shape index (κ3) is 2.91. The molecule has 0 aliphatic heterocycles. The Hall–Kier alpha value is -2.18. The number of nitro groups is 1. The quantitative estimate of drug-likeness (QED) is 0.479. The fraction of sp³-hybridized carbons (Fsp3) is 0.333. The third-order valence-electron chi connectivity index (χ3n) is 1.86. The lowest BCUT2D eigenvalue weighted by Gasteiger charge is -1.96. The molecule has 0 aromatic carbocycles. The van der Waals surface area contributed by atoms with Crippen LogP contribution in [0, 0.1) is 10.1 Å². The molecule has 1 aromatic heterocycles. The van der Waals surface area contributed by atoms with Gasteiger partial charge in [-0.15, -0.1) is 0 Å². The van der Waals surface area contributed by atoms with Crippen LogP contribution in [0.1, 0.15) is 30.8 Å². The molecule has 1 N–H and O–H groups in total. The van der Waals surface area contributed by atoms with Gasteiger partial charge in [-0.1, -0.05) is 6.92 Å². The fourth-order valence-corrected chi connectivity index (χ4v) is 0.828. The van der Waals surface area contributed by atoms with Gasteiger partial charge in [0.15, 0.2) is 0 Å². The zero-order valence-corrected chi connectivity index (χ0v) is 8.89. The van der Waals surface area contributed by atoms with Crippen LogP contribution >= 0.6 is 0 Å². The van der Waals surface area contributed by atoms with Crippen LogP contribution in [-0.2, 0) is 0 Å². The number of furan rings is 1. The molecule has 1 heterocycles. The van der Waals surface area contributed by atoms with Crippen LogP contribution in [0.3, 0.4) is 0 Å². The highest BCUT2D eigenvalue weighted by atomic mass is 16.6. The van der Waals surface area contributed by atoms with Gasteiger partial charge in [-0.05, 0) is 19.4 Å². The van der Waals surface area contributed by atoms with Gasteiger partial charge >= 0.3 is 11.8 Å². The predicted molar refractivity (Wildman–Crippen MR) is 56.2 cm³/mol. The molecule has 0 atom stereocenters. The Morgan fingerprint density at radius 2 is 2.31 bits per heavy atom. The number of hydrazone groups is 1. The maximum atomic E-state index is 11.4. The zero-order valence-electron chi connectivity index (χ0n) is 8.89. The summed E-state index contributed by atoms with van der Waals surface area (Å²) in [6.07, 6.45) is 0.707. The first-order chi connectivity index (χ1) is 7.54. The van der Waals surface area contributed by atoms with E-state index in [-0.39, 0.29) is 5.76 Å². The molecule has 1 rings (SSSR count). The molecule has 7 heteroatoms. The third-order valence-corrected chi connectivity index (χ3v) is 1.86. The first kappa shape index (κ1) is 11.9. The standard InChI is InChI=1S/C9H11N3O4/c1-3-6(2)10-11-9(13)7-4-5-8(16-7)12(14)15/h4-5H,3H2,1-2H3,(H,11,13)/b10-6+. The largest absolute Gasteiger partial charge is 0.433 e. The van der Waals surface area contributed by atoms with E-state index in [9.17, 15) is 14.9 Å². The van der Waals surface area contributed by atoms with E-state index in [1.54, 1.807) is 6.92 Å². The van der Waals surface area contributed by atoms with Crippen LogP contribution in [0.2, 0.25) is 0 Å². The van der Waals surface area contributed by atoms with E-state index in [4.69, 9.17) is 4.42 Å². The molecule has 0 fully saturated rings. The molecule has 0 spiro atoms. The minimum atomic E-state index is -0.711. The Bertz CT molecular complexity index is 436. The monoisotopic (exact) mass is 225 g/mol. The first-order valence-corrected chi connectivity index (χ1v) is 4.62. The Kier molecular flexibility index (Phi) is 3.76. The molecule has 0 radical (unpaired) electrons. The molecule has 16 heavy (non-hydrogen) atoms. The lowest BCUT2D eigenvalue weighted by atomic mass is 10.3. The van der Waals surface area contributed by atoms with Crippen LogP contribution in [0.4, 0.5) is 5.88 Å². The maximum absolute atomic E-state index is 11.4. The van der Waals surface area contributed by atoms with E-state index in [0.29, 0.717) is 6.42 Å². The number of carbonyl (C=O) groups excluding carboxylic acids is 1. The van der Waals surface area contributed by atoms with E-state index in [0.717, 1.165) is 11.8 Å². The molecule has 1 amide bonds. The van der Waals surface area contributed by atoms with Crippen molar-refractivity contribution in [1.82, 2.24) is 5.43 Å². The number of nitrogens with one attached hydrogen (secondary N) is 1. The van der Waals surface area contributed by atoms with Crippen molar-refractivity contribution in [2.24, 2.45) is 5.10 Å². The van der Waals surface area contributed by atoms with Crippen molar-refractivity contribution in [1.29, 1.82) is 0 Å². The molecular weight excluding hydrogens is 214 g/mol. The lowest BCUT2D eigenvalue weighted by Crippen LogP contribution is -2.18. The van der Waals surface area contributed by atoms with Crippen molar-refractivity contribution < 1.29 is 14.1 Å². The van der Waals surface area contributed by atoms with Crippen molar-refractivity contribution in [3.05, 3.63) is 28.0 Å². The molecule has 0 unspecified atom stereocenters. The number of amides is 1. The van der Waals surface area contributed by atoms with Crippen molar-refractivity contribution in [3.63, 3.8) is 0 Å². The number of carbonyl (C=O) groups is 1. The van der Waals surface area contributed by atoms with Gasteiger partial charge < -0.3 is 4.42 Å². The zero-order chi connectivity index (χ0) is 12.1. The van der Waals surface area contributed by atoms with Crippen molar-refractivity contribution in [3.8, 4) is 0 Å². The summed E-state index contributed by atoms with van der Waals surface area (Å²) >= 11 is 0. The van der Waals surface area contributed by atoms with Crippen molar-refractivity contribution in [2.45, 2.75) is 20.3 Å². The van der Waals surface area contributed by atoms with Gasteiger partial charge in [-0.3, -0.25) is 14.9 Å². The topological polar surface area (TPSA) is 97.7 Å². The van der Waals surface area contributed by atoms with E-state index >= 15 is 0 Å². The van der Waals surface area contributed by atoms with Gasteiger partial charge in [-0.25, -0.2) is 5.43 Å². The van der Waals surface area contributed by atoms with Gasteiger partial charge in [0.05, 0.1) is 6.07 Å². The highest BCUT2D eigenvalue weighted by Crippen LogP contribution is 2.15. The second-order valence-corrected chi connectivity index (χ2v) is 3.04. The van der Waals surface area contributed by atoms with Gasteiger partial charge in [0.1, 0.15) is 4.92 Å².